The van der Waals surface area contributed by atoms with Gasteiger partial charge in [0.05, 0.1) is 28.2 Å². The number of benzene rings is 2. The van der Waals surface area contributed by atoms with Gasteiger partial charge in [-0.2, -0.15) is 0 Å². The second kappa shape index (κ2) is 6.88. The van der Waals surface area contributed by atoms with Crippen LogP contribution in [0.5, 0.6) is 5.75 Å². The summed E-state index contributed by atoms with van der Waals surface area (Å²) in [7, 11) is 1.49. The lowest BCUT2D eigenvalue weighted by atomic mass is 10.1. The number of halogens is 2. The van der Waals surface area contributed by atoms with E-state index in [0.717, 1.165) is 0 Å². The first-order valence-corrected chi connectivity index (χ1v) is 8.74. The van der Waals surface area contributed by atoms with E-state index in [4.69, 9.17) is 37.1 Å². The molecule has 2 aromatic carbocycles. The van der Waals surface area contributed by atoms with Gasteiger partial charge in [0.2, 0.25) is 5.76 Å². The summed E-state index contributed by atoms with van der Waals surface area (Å²) in [6.07, 6.45) is 0. The number of carbonyl (C=O) groups excluding carboxylic acids is 1. The second-order valence-corrected chi connectivity index (χ2v) is 6.75. The van der Waals surface area contributed by atoms with Crippen LogP contribution in [0.2, 0.25) is 10.0 Å². The van der Waals surface area contributed by atoms with E-state index in [9.17, 15) is 9.59 Å². The molecule has 2 heterocycles. The van der Waals surface area contributed by atoms with Gasteiger partial charge >= 0.3 is 0 Å². The molecule has 4 rings (SSSR count). The maximum absolute atomic E-state index is 12.9. The number of fused-ring (bicyclic) bond motifs is 2. The van der Waals surface area contributed by atoms with Crippen LogP contribution in [0.25, 0.3) is 11.0 Å². The SMILES string of the molecule is COCOc1cc(Cl)ccc1N1Cc2c(oc3c(Cl)cccc3c2=O)C1=O. The van der Waals surface area contributed by atoms with Crippen LogP contribution in [0.1, 0.15) is 16.1 Å². The maximum atomic E-state index is 12.9. The van der Waals surface area contributed by atoms with Gasteiger partial charge in [-0.25, -0.2) is 0 Å². The summed E-state index contributed by atoms with van der Waals surface area (Å²) in [5.74, 6) is -0.109. The second-order valence-electron chi connectivity index (χ2n) is 5.91. The monoisotopic (exact) mass is 405 g/mol. The van der Waals surface area contributed by atoms with Crippen molar-refractivity contribution in [3.05, 3.63) is 68.0 Å². The average molecular weight is 406 g/mol. The van der Waals surface area contributed by atoms with Crippen LogP contribution in [0.15, 0.2) is 45.6 Å². The van der Waals surface area contributed by atoms with Crippen molar-refractivity contribution >= 4 is 45.8 Å². The van der Waals surface area contributed by atoms with E-state index in [1.807, 2.05) is 0 Å². The summed E-state index contributed by atoms with van der Waals surface area (Å²) < 4.78 is 16.2. The van der Waals surface area contributed by atoms with Gasteiger partial charge in [0, 0.05) is 18.2 Å². The minimum Gasteiger partial charge on any atom is -0.465 e. The van der Waals surface area contributed by atoms with E-state index in [2.05, 4.69) is 0 Å². The fraction of sp³-hybridized carbons (Fsp3) is 0.158. The molecule has 8 heteroatoms. The van der Waals surface area contributed by atoms with Crippen molar-refractivity contribution in [1.29, 1.82) is 0 Å². The number of rotatable bonds is 4. The number of amides is 1. The van der Waals surface area contributed by atoms with E-state index >= 15 is 0 Å². The lowest BCUT2D eigenvalue weighted by Gasteiger charge is -2.19. The molecule has 0 spiro atoms. The molecular formula is C19H13Cl2NO5. The molecule has 1 aliphatic heterocycles. The van der Waals surface area contributed by atoms with E-state index in [1.165, 1.54) is 12.0 Å². The number of nitrogens with zero attached hydrogens (tertiary/aromatic N) is 1. The van der Waals surface area contributed by atoms with Crippen molar-refractivity contribution in [2.45, 2.75) is 6.54 Å². The first kappa shape index (κ1) is 17.9. The van der Waals surface area contributed by atoms with Crippen molar-refractivity contribution in [3.8, 4) is 5.75 Å². The van der Waals surface area contributed by atoms with Gasteiger partial charge in [0.1, 0.15) is 5.75 Å². The Hall–Kier alpha value is -2.54. The minimum absolute atomic E-state index is 0.0149. The summed E-state index contributed by atoms with van der Waals surface area (Å²) in [5, 5.41) is 1.05. The van der Waals surface area contributed by atoms with Gasteiger partial charge < -0.3 is 13.9 Å². The molecule has 0 saturated carbocycles. The summed E-state index contributed by atoms with van der Waals surface area (Å²) in [6.45, 7) is 0.0446. The summed E-state index contributed by atoms with van der Waals surface area (Å²) in [6, 6.07) is 9.75. The van der Waals surface area contributed by atoms with Crippen LogP contribution in [-0.4, -0.2) is 19.8 Å². The molecule has 1 aromatic heterocycles. The number of para-hydroxylation sites is 1. The molecule has 6 nitrogen and oxygen atoms in total. The van der Waals surface area contributed by atoms with Gasteiger partial charge in [-0.1, -0.05) is 29.3 Å². The Kier molecular flexibility index (Phi) is 4.55. The van der Waals surface area contributed by atoms with Crippen LogP contribution >= 0.6 is 23.2 Å². The Balaban J connectivity index is 1.83. The predicted molar refractivity (Wildman–Crippen MR) is 102 cm³/mol. The molecule has 0 atom stereocenters. The highest BCUT2D eigenvalue weighted by Crippen LogP contribution is 2.37. The number of anilines is 1. The van der Waals surface area contributed by atoms with Gasteiger partial charge in [0.15, 0.2) is 17.8 Å². The fourth-order valence-corrected chi connectivity index (χ4v) is 3.41. The topological polar surface area (TPSA) is 69.0 Å². The van der Waals surface area contributed by atoms with Crippen LogP contribution in [0.4, 0.5) is 5.69 Å². The van der Waals surface area contributed by atoms with E-state index in [1.54, 1.807) is 36.4 Å². The number of ether oxygens (including phenoxy) is 2. The number of carbonyl (C=O) groups is 1. The molecular weight excluding hydrogens is 393 g/mol. The molecule has 0 saturated heterocycles. The lowest BCUT2D eigenvalue weighted by molar-refractivity contribution is 0.0513. The third kappa shape index (κ3) is 2.96. The Labute approximate surface area is 163 Å². The first-order valence-electron chi connectivity index (χ1n) is 7.98. The smallest absolute Gasteiger partial charge is 0.294 e. The fourth-order valence-electron chi connectivity index (χ4n) is 3.03. The van der Waals surface area contributed by atoms with Gasteiger partial charge in [-0.3, -0.25) is 14.5 Å². The zero-order valence-electron chi connectivity index (χ0n) is 14.1. The normalized spacial score (nSPS) is 13.3. The van der Waals surface area contributed by atoms with Crippen LogP contribution in [0.3, 0.4) is 0 Å². The van der Waals surface area contributed by atoms with Crippen LogP contribution in [-0.2, 0) is 11.3 Å². The highest BCUT2D eigenvalue weighted by Gasteiger charge is 2.36. The zero-order chi connectivity index (χ0) is 19.1. The standard InChI is InChI=1S/C19H13Cl2NO5/c1-25-9-26-15-7-10(20)5-6-14(15)22-8-12-16(23)11-3-2-4-13(21)17(11)27-18(12)19(22)24/h2-7H,8-9H2,1H3. The van der Waals surface area contributed by atoms with Crippen molar-refractivity contribution in [2.75, 3.05) is 18.8 Å². The Morgan fingerprint density at radius 1 is 1.19 bits per heavy atom. The Bertz CT molecular complexity index is 1130. The van der Waals surface area contributed by atoms with Crippen LogP contribution in [0, 0.1) is 0 Å². The Morgan fingerprint density at radius 3 is 2.78 bits per heavy atom. The van der Waals surface area contributed by atoms with E-state index in [0.29, 0.717) is 21.8 Å². The van der Waals surface area contributed by atoms with Crippen molar-refractivity contribution in [1.82, 2.24) is 0 Å². The van der Waals surface area contributed by atoms with E-state index < -0.39 is 5.91 Å². The maximum Gasteiger partial charge on any atom is 0.294 e. The van der Waals surface area contributed by atoms with Crippen LogP contribution < -0.4 is 15.1 Å². The molecule has 0 bridgehead atoms. The quantitative estimate of drug-likeness (QED) is 0.607. The molecule has 1 amide bonds. The average Bonchev–Trinajstić information content (AvgIpc) is 2.98. The van der Waals surface area contributed by atoms with Gasteiger partial charge in [-0.15, -0.1) is 0 Å². The molecule has 27 heavy (non-hydrogen) atoms. The van der Waals surface area contributed by atoms with Crippen molar-refractivity contribution in [2.24, 2.45) is 0 Å². The molecule has 138 valence electrons. The predicted octanol–water partition coefficient (Wildman–Crippen LogP) is 4.24. The third-order valence-corrected chi connectivity index (χ3v) is 4.80. The number of methoxy groups -OCH3 is 1. The van der Waals surface area contributed by atoms with Gasteiger partial charge in [0.25, 0.3) is 5.91 Å². The molecule has 0 N–H and O–H groups in total. The zero-order valence-corrected chi connectivity index (χ0v) is 15.6. The first-order chi connectivity index (χ1) is 13.0. The summed E-state index contributed by atoms with van der Waals surface area (Å²) >= 11 is 12.2. The number of hydrogen-bond acceptors (Lipinski definition) is 5. The molecule has 0 aliphatic carbocycles. The summed E-state index contributed by atoms with van der Waals surface area (Å²) in [4.78, 5) is 27.2. The highest BCUT2D eigenvalue weighted by molar-refractivity contribution is 6.34. The molecule has 0 fully saturated rings. The Morgan fingerprint density at radius 2 is 2.00 bits per heavy atom. The number of hydrogen-bond donors (Lipinski definition) is 0. The highest BCUT2D eigenvalue weighted by atomic mass is 35.5. The largest absolute Gasteiger partial charge is 0.465 e. The van der Waals surface area contributed by atoms with Gasteiger partial charge in [-0.05, 0) is 24.3 Å². The lowest BCUT2D eigenvalue weighted by Crippen LogP contribution is -2.24. The molecule has 0 radical (unpaired) electrons. The van der Waals surface area contributed by atoms with E-state index in [-0.39, 0.29) is 40.7 Å². The summed E-state index contributed by atoms with van der Waals surface area (Å²) in [5.41, 5.74) is 0.660. The van der Waals surface area contributed by atoms with Crippen molar-refractivity contribution < 1.29 is 18.7 Å². The minimum atomic E-state index is -0.450. The van der Waals surface area contributed by atoms with Crippen molar-refractivity contribution in [3.63, 3.8) is 0 Å². The third-order valence-electron chi connectivity index (χ3n) is 4.26. The molecule has 1 aliphatic rings. The molecule has 3 aromatic rings. The molecule has 0 unspecified atom stereocenters.